The highest BCUT2D eigenvalue weighted by atomic mass is 16.4. The number of hydrogen-bond acceptors (Lipinski definition) is 3. The molecule has 1 heterocycles. The van der Waals surface area contributed by atoms with Crippen molar-refractivity contribution in [3.8, 4) is 0 Å². The van der Waals surface area contributed by atoms with Crippen LogP contribution in [0.5, 0.6) is 0 Å². The van der Waals surface area contributed by atoms with E-state index in [9.17, 15) is 4.79 Å². The van der Waals surface area contributed by atoms with Crippen LogP contribution in [0.2, 0.25) is 0 Å². The molecule has 1 aromatic rings. The molecule has 0 spiro atoms. The van der Waals surface area contributed by atoms with Crippen molar-refractivity contribution in [2.45, 2.75) is 46.6 Å². The number of aromatic nitrogens is 1. The van der Waals surface area contributed by atoms with Gasteiger partial charge in [0, 0.05) is 13.0 Å². The van der Waals surface area contributed by atoms with Crippen molar-refractivity contribution in [2.24, 2.45) is 0 Å². The van der Waals surface area contributed by atoms with Gasteiger partial charge >= 0.3 is 0 Å². The summed E-state index contributed by atoms with van der Waals surface area (Å²) in [6.45, 7) is 9.55. The van der Waals surface area contributed by atoms with Crippen LogP contribution in [0.3, 0.4) is 0 Å². The lowest BCUT2D eigenvalue weighted by Gasteiger charge is -2.07. The van der Waals surface area contributed by atoms with E-state index in [0.717, 1.165) is 5.69 Å². The van der Waals surface area contributed by atoms with E-state index in [-0.39, 0.29) is 17.9 Å². The van der Waals surface area contributed by atoms with Gasteiger partial charge in [-0.15, -0.1) is 0 Å². The SMILES string of the molecule is Cc1nc(C(C)C)c(C(=O)NC(C)C)o1. The van der Waals surface area contributed by atoms with E-state index in [1.165, 1.54) is 0 Å². The second-order valence-electron chi connectivity index (χ2n) is 4.23. The average Bonchev–Trinajstić information content (AvgIpc) is 2.46. The number of carbonyl (C=O) groups excluding carboxylic acids is 1. The Morgan fingerprint density at radius 3 is 2.40 bits per heavy atom. The van der Waals surface area contributed by atoms with Crippen molar-refractivity contribution in [1.82, 2.24) is 10.3 Å². The molecule has 1 N–H and O–H groups in total. The van der Waals surface area contributed by atoms with Crippen LogP contribution in [0.25, 0.3) is 0 Å². The third-order valence-corrected chi connectivity index (χ3v) is 1.93. The molecule has 0 saturated carbocycles. The average molecular weight is 210 g/mol. The van der Waals surface area contributed by atoms with Gasteiger partial charge in [0.2, 0.25) is 5.76 Å². The smallest absolute Gasteiger partial charge is 0.289 e. The van der Waals surface area contributed by atoms with Crippen molar-refractivity contribution < 1.29 is 9.21 Å². The van der Waals surface area contributed by atoms with E-state index in [1.54, 1.807) is 6.92 Å². The Morgan fingerprint density at radius 2 is 1.93 bits per heavy atom. The highest BCUT2D eigenvalue weighted by molar-refractivity contribution is 5.92. The molecule has 0 bridgehead atoms. The monoisotopic (exact) mass is 210 g/mol. The van der Waals surface area contributed by atoms with Crippen molar-refractivity contribution in [3.63, 3.8) is 0 Å². The molecule has 0 radical (unpaired) electrons. The van der Waals surface area contributed by atoms with Crippen LogP contribution in [0.1, 0.15) is 55.8 Å². The molecule has 0 atom stereocenters. The number of nitrogens with one attached hydrogen (secondary N) is 1. The lowest BCUT2D eigenvalue weighted by Crippen LogP contribution is -2.30. The number of rotatable bonds is 3. The van der Waals surface area contributed by atoms with Crippen molar-refractivity contribution in [2.75, 3.05) is 0 Å². The Hall–Kier alpha value is -1.32. The van der Waals surface area contributed by atoms with Crippen LogP contribution in [-0.4, -0.2) is 16.9 Å². The molecule has 4 nitrogen and oxygen atoms in total. The summed E-state index contributed by atoms with van der Waals surface area (Å²) in [5.74, 6) is 0.883. The Labute approximate surface area is 90.1 Å². The molecule has 0 aromatic carbocycles. The fourth-order valence-electron chi connectivity index (χ4n) is 1.32. The van der Waals surface area contributed by atoms with Crippen LogP contribution in [-0.2, 0) is 0 Å². The fraction of sp³-hybridized carbons (Fsp3) is 0.636. The molecular weight excluding hydrogens is 192 g/mol. The molecular formula is C11H18N2O2. The maximum atomic E-state index is 11.7. The van der Waals surface area contributed by atoms with Crippen LogP contribution in [0, 0.1) is 6.92 Å². The minimum absolute atomic E-state index is 0.0999. The predicted molar refractivity (Wildman–Crippen MR) is 57.9 cm³/mol. The van der Waals surface area contributed by atoms with Crippen molar-refractivity contribution >= 4 is 5.91 Å². The maximum Gasteiger partial charge on any atom is 0.289 e. The van der Waals surface area contributed by atoms with Crippen molar-refractivity contribution in [3.05, 3.63) is 17.3 Å². The first-order valence-electron chi connectivity index (χ1n) is 5.20. The molecule has 0 aliphatic heterocycles. The highest BCUT2D eigenvalue weighted by Crippen LogP contribution is 2.19. The molecule has 1 rings (SSSR count). The summed E-state index contributed by atoms with van der Waals surface area (Å²) in [7, 11) is 0. The Kier molecular flexibility index (Phi) is 3.50. The molecule has 15 heavy (non-hydrogen) atoms. The summed E-state index contributed by atoms with van der Waals surface area (Å²) in [5, 5.41) is 2.79. The number of nitrogens with zero attached hydrogens (tertiary/aromatic N) is 1. The number of carbonyl (C=O) groups is 1. The minimum Gasteiger partial charge on any atom is -0.436 e. The Morgan fingerprint density at radius 1 is 1.33 bits per heavy atom. The molecule has 1 amide bonds. The van der Waals surface area contributed by atoms with Gasteiger partial charge in [0.1, 0.15) is 0 Å². The normalized spacial score (nSPS) is 11.1. The zero-order valence-corrected chi connectivity index (χ0v) is 9.92. The van der Waals surface area contributed by atoms with E-state index in [2.05, 4.69) is 10.3 Å². The van der Waals surface area contributed by atoms with Gasteiger partial charge in [-0.1, -0.05) is 13.8 Å². The maximum absolute atomic E-state index is 11.7. The van der Waals surface area contributed by atoms with Crippen LogP contribution >= 0.6 is 0 Å². The lowest BCUT2D eigenvalue weighted by molar-refractivity contribution is 0.0912. The molecule has 0 aliphatic carbocycles. The standard InChI is InChI=1S/C11H18N2O2/c1-6(2)9-10(15-8(5)13-9)11(14)12-7(3)4/h6-7H,1-5H3,(H,12,14). The van der Waals surface area contributed by atoms with E-state index < -0.39 is 0 Å². The first-order chi connectivity index (χ1) is 6.91. The van der Waals surface area contributed by atoms with Gasteiger partial charge in [-0.25, -0.2) is 4.98 Å². The van der Waals surface area contributed by atoms with Crippen molar-refractivity contribution in [1.29, 1.82) is 0 Å². The van der Waals surface area contributed by atoms with E-state index in [1.807, 2.05) is 27.7 Å². The fourth-order valence-corrected chi connectivity index (χ4v) is 1.32. The zero-order valence-electron chi connectivity index (χ0n) is 9.92. The molecule has 84 valence electrons. The third kappa shape index (κ3) is 2.81. The summed E-state index contributed by atoms with van der Waals surface area (Å²) in [5.41, 5.74) is 0.727. The third-order valence-electron chi connectivity index (χ3n) is 1.93. The van der Waals surface area contributed by atoms with Gasteiger partial charge in [-0.2, -0.15) is 0 Å². The first-order valence-corrected chi connectivity index (χ1v) is 5.20. The molecule has 0 aliphatic rings. The summed E-state index contributed by atoms with van der Waals surface area (Å²) in [6, 6.07) is 0.0999. The van der Waals surface area contributed by atoms with Crippen LogP contribution < -0.4 is 5.32 Å². The number of aryl methyl sites for hydroxylation is 1. The lowest BCUT2D eigenvalue weighted by atomic mass is 10.1. The molecule has 0 fully saturated rings. The summed E-state index contributed by atoms with van der Waals surface area (Å²) in [4.78, 5) is 16.0. The summed E-state index contributed by atoms with van der Waals surface area (Å²) in [6.07, 6.45) is 0. The van der Waals surface area contributed by atoms with Gasteiger partial charge in [0.05, 0.1) is 5.69 Å². The van der Waals surface area contributed by atoms with E-state index in [0.29, 0.717) is 11.7 Å². The van der Waals surface area contributed by atoms with Gasteiger partial charge in [-0.3, -0.25) is 4.79 Å². The number of hydrogen-bond donors (Lipinski definition) is 1. The number of oxazole rings is 1. The number of amides is 1. The van der Waals surface area contributed by atoms with E-state index >= 15 is 0 Å². The summed E-state index contributed by atoms with van der Waals surface area (Å²) >= 11 is 0. The zero-order chi connectivity index (χ0) is 11.6. The second kappa shape index (κ2) is 4.47. The van der Waals surface area contributed by atoms with Gasteiger partial charge in [0.25, 0.3) is 5.91 Å². The second-order valence-corrected chi connectivity index (χ2v) is 4.23. The quantitative estimate of drug-likeness (QED) is 0.832. The molecule has 0 unspecified atom stereocenters. The Bertz CT molecular complexity index is 353. The van der Waals surface area contributed by atoms with Gasteiger partial charge < -0.3 is 9.73 Å². The largest absolute Gasteiger partial charge is 0.436 e. The molecule has 1 aromatic heterocycles. The van der Waals surface area contributed by atoms with Gasteiger partial charge in [-0.05, 0) is 19.8 Å². The predicted octanol–water partition coefficient (Wildman–Crippen LogP) is 2.24. The van der Waals surface area contributed by atoms with Gasteiger partial charge in [0.15, 0.2) is 5.89 Å². The molecule has 4 heteroatoms. The van der Waals surface area contributed by atoms with E-state index in [4.69, 9.17) is 4.42 Å². The van der Waals surface area contributed by atoms with Crippen LogP contribution in [0.4, 0.5) is 0 Å². The minimum atomic E-state index is -0.186. The first kappa shape index (κ1) is 11.8. The topological polar surface area (TPSA) is 55.1 Å². The Balaban J connectivity index is 2.97. The molecule has 0 saturated heterocycles. The highest BCUT2D eigenvalue weighted by Gasteiger charge is 2.21. The van der Waals surface area contributed by atoms with Crippen LogP contribution in [0.15, 0.2) is 4.42 Å². The summed E-state index contributed by atoms with van der Waals surface area (Å²) < 4.78 is 5.32.